The molecule has 0 saturated heterocycles. The van der Waals surface area contributed by atoms with Crippen molar-refractivity contribution in [1.82, 2.24) is 20.2 Å². The Morgan fingerprint density at radius 1 is 1.27 bits per heavy atom. The third-order valence-corrected chi connectivity index (χ3v) is 4.30. The summed E-state index contributed by atoms with van der Waals surface area (Å²) in [7, 11) is 0. The first-order valence-electron chi connectivity index (χ1n) is 7.42. The highest BCUT2D eigenvalue weighted by atomic mass is 32.2. The summed E-state index contributed by atoms with van der Waals surface area (Å²) < 4.78 is 38.1. The molecule has 0 aliphatic carbocycles. The predicted molar refractivity (Wildman–Crippen MR) is 88.7 cm³/mol. The molecule has 0 saturated carbocycles. The molecule has 0 aliphatic heterocycles. The number of hydrogen-bond donors (Lipinski definition) is 2. The van der Waals surface area contributed by atoms with Gasteiger partial charge in [-0.1, -0.05) is 42.1 Å². The molecule has 1 heterocycles. The van der Waals surface area contributed by atoms with Crippen molar-refractivity contribution in [2.75, 3.05) is 11.6 Å². The molecular weight excluding hydrogens is 371 g/mol. The molecule has 2 rings (SSSR count). The molecule has 0 unspecified atom stereocenters. The van der Waals surface area contributed by atoms with E-state index in [0.29, 0.717) is 18.2 Å². The van der Waals surface area contributed by atoms with Gasteiger partial charge in [-0.3, -0.25) is 9.59 Å². The highest BCUT2D eigenvalue weighted by Crippen LogP contribution is 2.28. The van der Waals surface area contributed by atoms with E-state index in [-0.39, 0.29) is 21.4 Å². The molecule has 0 bridgehead atoms. The molecule has 1 atom stereocenters. The first-order valence-corrected chi connectivity index (χ1v) is 8.41. The number of carbonyl (C=O) groups is 2. The van der Waals surface area contributed by atoms with Crippen molar-refractivity contribution in [2.45, 2.75) is 30.7 Å². The number of carbonyl (C=O) groups excluding carboxylic acids is 2. The van der Waals surface area contributed by atoms with E-state index in [4.69, 9.17) is 5.84 Å². The van der Waals surface area contributed by atoms with Gasteiger partial charge in [0.15, 0.2) is 5.78 Å². The maximum Gasteiger partial charge on any atom is 0.453 e. The molecule has 3 N–H and O–H groups in total. The van der Waals surface area contributed by atoms with Crippen LogP contribution in [-0.2, 0) is 22.2 Å². The fraction of sp³-hybridized carbons (Fsp3) is 0.333. The lowest BCUT2D eigenvalue weighted by Crippen LogP contribution is -2.42. The Balaban J connectivity index is 1.95. The average molecular weight is 387 g/mol. The Bertz CT molecular complexity index is 779. The zero-order chi connectivity index (χ0) is 19.3. The molecule has 0 aliphatic rings. The second-order valence-electron chi connectivity index (χ2n) is 5.38. The lowest BCUT2D eigenvalue weighted by molar-refractivity contribution is -0.146. The molecule has 0 spiro atoms. The van der Waals surface area contributed by atoms with Crippen molar-refractivity contribution < 1.29 is 22.8 Å². The van der Waals surface area contributed by atoms with Crippen molar-refractivity contribution >= 4 is 23.5 Å². The van der Waals surface area contributed by atoms with E-state index in [9.17, 15) is 22.8 Å². The zero-order valence-corrected chi connectivity index (χ0v) is 14.5. The molecule has 0 radical (unpaired) electrons. The number of hydrogen-bond acceptors (Lipinski definition) is 6. The van der Waals surface area contributed by atoms with Crippen molar-refractivity contribution in [3.8, 4) is 0 Å². The summed E-state index contributed by atoms with van der Waals surface area (Å²) >= 11 is 0.693. The molecule has 26 heavy (non-hydrogen) atoms. The SMILES string of the molecule is CC(=O)[C@@H](Cc1ccccc1)NC(=O)CSc1nnc(C(F)(F)F)n1N. The minimum Gasteiger partial charge on any atom is -0.345 e. The first kappa shape index (κ1) is 19.8. The number of aromatic nitrogens is 3. The van der Waals surface area contributed by atoms with Crippen molar-refractivity contribution in [2.24, 2.45) is 0 Å². The largest absolute Gasteiger partial charge is 0.453 e. The minimum absolute atomic E-state index is 0.228. The summed E-state index contributed by atoms with van der Waals surface area (Å²) in [5.74, 6) is 2.93. The van der Waals surface area contributed by atoms with E-state index in [1.54, 1.807) is 0 Å². The van der Waals surface area contributed by atoms with Crippen LogP contribution in [0.15, 0.2) is 35.5 Å². The summed E-state index contributed by atoms with van der Waals surface area (Å²) in [6, 6.07) is 8.39. The predicted octanol–water partition coefficient (Wildman–Crippen LogP) is 1.42. The van der Waals surface area contributed by atoms with Gasteiger partial charge in [-0.05, 0) is 18.9 Å². The fourth-order valence-corrected chi connectivity index (χ4v) is 2.75. The number of nitrogens with zero attached hydrogens (tertiary/aromatic N) is 3. The lowest BCUT2D eigenvalue weighted by Gasteiger charge is -2.16. The van der Waals surface area contributed by atoms with Crippen LogP contribution in [0.4, 0.5) is 13.2 Å². The van der Waals surface area contributed by atoms with Crippen LogP contribution >= 0.6 is 11.8 Å². The monoisotopic (exact) mass is 387 g/mol. The van der Waals surface area contributed by atoms with Gasteiger partial charge < -0.3 is 11.2 Å². The molecule has 11 heteroatoms. The van der Waals surface area contributed by atoms with Gasteiger partial charge in [0, 0.05) is 0 Å². The molecule has 1 aromatic heterocycles. The zero-order valence-electron chi connectivity index (χ0n) is 13.7. The van der Waals surface area contributed by atoms with Gasteiger partial charge in [-0.15, -0.1) is 10.2 Å². The molecule has 7 nitrogen and oxygen atoms in total. The third-order valence-electron chi connectivity index (χ3n) is 3.36. The third kappa shape index (κ3) is 5.22. The number of halogens is 3. The van der Waals surface area contributed by atoms with Crippen LogP contribution in [-0.4, -0.2) is 38.4 Å². The normalized spacial score (nSPS) is 12.6. The summed E-state index contributed by atoms with van der Waals surface area (Å²) in [4.78, 5) is 23.8. The van der Waals surface area contributed by atoms with Crippen LogP contribution in [0.1, 0.15) is 18.3 Å². The van der Waals surface area contributed by atoms with Gasteiger partial charge >= 0.3 is 6.18 Å². The smallest absolute Gasteiger partial charge is 0.345 e. The molecule has 1 aromatic carbocycles. The maximum atomic E-state index is 12.6. The topological polar surface area (TPSA) is 103 Å². The van der Waals surface area contributed by atoms with Crippen molar-refractivity contribution in [1.29, 1.82) is 0 Å². The van der Waals surface area contributed by atoms with Crippen LogP contribution < -0.4 is 11.2 Å². The van der Waals surface area contributed by atoms with Crippen LogP contribution in [0.2, 0.25) is 0 Å². The highest BCUT2D eigenvalue weighted by molar-refractivity contribution is 7.99. The fourth-order valence-electron chi connectivity index (χ4n) is 2.08. The summed E-state index contributed by atoms with van der Waals surface area (Å²) in [6.45, 7) is 1.35. The van der Waals surface area contributed by atoms with Gasteiger partial charge in [0.25, 0.3) is 5.82 Å². The Labute approximate surface area is 151 Å². The van der Waals surface area contributed by atoms with E-state index in [1.807, 2.05) is 30.3 Å². The van der Waals surface area contributed by atoms with Gasteiger partial charge in [-0.2, -0.15) is 13.2 Å². The van der Waals surface area contributed by atoms with E-state index in [1.165, 1.54) is 6.92 Å². The quantitative estimate of drug-likeness (QED) is 0.550. The molecule has 140 valence electrons. The summed E-state index contributed by atoms with van der Waals surface area (Å²) in [5.41, 5.74) is 0.872. The first-order chi connectivity index (χ1) is 12.2. The number of nitrogens with one attached hydrogen (secondary N) is 1. The Morgan fingerprint density at radius 3 is 2.46 bits per heavy atom. The van der Waals surface area contributed by atoms with Crippen LogP contribution in [0.3, 0.4) is 0 Å². The lowest BCUT2D eigenvalue weighted by atomic mass is 10.0. The van der Waals surface area contributed by atoms with Crippen molar-refractivity contribution in [3.63, 3.8) is 0 Å². The van der Waals surface area contributed by atoms with Crippen LogP contribution in [0, 0.1) is 0 Å². The summed E-state index contributed by atoms with van der Waals surface area (Å²) in [6.07, 6.45) is -4.42. The number of thioether (sulfide) groups is 1. The standard InChI is InChI=1S/C15H16F3N5O2S/c1-9(24)11(7-10-5-3-2-4-6-10)20-12(25)8-26-14-22-21-13(23(14)19)15(16,17)18/h2-6,11H,7-8,19H2,1H3,(H,20,25)/t11-/m1/s1. The van der Waals surface area contributed by atoms with E-state index in [2.05, 4.69) is 15.5 Å². The second-order valence-corrected chi connectivity index (χ2v) is 6.33. The van der Waals surface area contributed by atoms with Gasteiger partial charge in [0.05, 0.1) is 11.8 Å². The minimum atomic E-state index is -4.74. The Kier molecular flexibility index (Phi) is 6.24. The van der Waals surface area contributed by atoms with Gasteiger partial charge in [-0.25, -0.2) is 4.68 Å². The molecule has 1 amide bonds. The van der Waals surface area contributed by atoms with Crippen molar-refractivity contribution in [3.05, 3.63) is 41.7 Å². The van der Waals surface area contributed by atoms with Gasteiger partial charge in [0.2, 0.25) is 11.1 Å². The average Bonchev–Trinajstić information content (AvgIpc) is 2.94. The number of rotatable bonds is 7. The number of ketones is 1. The van der Waals surface area contributed by atoms with Crippen LogP contribution in [0.5, 0.6) is 0 Å². The Morgan fingerprint density at radius 2 is 1.92 bits per heavy atom. The second kappa shape index (κ2) is 8.21. The number of amides is 1. The number of nitrogens with two attached hydrogens (primary N) is 1. The number of benzene rings is 1. The number of Topliss-reactive ketones (excluding diaryl/α,β-unsaturated/α-hetero) is 1. The van der Waals surface area contributed by atoms with Gasteiger partial charge in [0.1, 0.15) is 0 Å². The molecule has 2 aromatic rings. The molecule has 0 fully saturated rings. The maximum absolute atomic E-state index is 12.6. The van der Waals surface area contributed by atoms with E-state index < -0.39 is 23.9 Å². The van der Waals surface area contributed by atoms with E-state index >= 15 is 0 Å². The number of nitrogen functional groups attached to an aromatic ring is 1. The highest BCUT2D eigenvalue weighted by Gasteiger charge is 2.38. The summed E-state index contributed by atoms with van der Waals surface area (Å²) in [5, 5.41) is 8.59. The van der Waals surface area contributed by atoms with E-state index in [0.717, 1.165) is 5.56 Å². The Hall–Kier alpha value is -2.56. The van der Waals surface area contributed by atoms with Crippen LogP contribution in [0.25, 0.3) is 0 Å². The molecular formula is C15H16F3N5O2S. The number of alkyl halides is 3.